The Hall–Kier alpha value is -1.84. The molecule has 4 nitrogen and oxygen atoms in total. The Morgan fingerprint density at radius 2 is 1.80 bits per heavy atom. The maximum absolute atomic E-state index is 12.2. The van der Waals surface area contributed by atoms with Crippen molar-refractivity contribution < 1.29 is 9.59 Å². The number of benzene rings is 1. The number of rotatable bonds is 2. The average Bonchev–Trinajstić information content (AvgIpc) is 2.45. The van der Waals surface area contributed by atoms with Gasteiger partial charge in [0.1, 0.15) is 0 Å². The van der Waals surface area contributed by atoms with E-state index in [1.807, 2.05) is 11.8 Å². The fraction of sp³-hybridized carbons (Fsp3) is 0.500. The Morgan fingerprint density at radius 3 is 2.40 bits per heavy atom. The second-order valence-corrected chi connectivity index (χ2v) is 5.73. The van der Waals surface area contributed by atoms with Gasteiger partial charge in [-0.1, -0.05) is 17.7 Å². The van der Waals surface area contributed by atoms with Crippen molar-refractivity contribution in [3.8, 4) is 0 Å². The van der Waals surface area contributed by atoms with E-state index in [-0.39, 0.29) is 24.4 Å². The molecule has 2 rings (SSSR count). The molecule has 0 spiro atoms. The number of aryl methyl sites for hydroxylation is 3. The van der Waals surface area contributed by atoms with Crippen molar-refractivity contribution in [2.45, 2.75) is 46.7 Å². The van der Waals surface area contributed by atoms with Gasteiger partial charge in [0.15, 0.2) is 0 Å². The van der Waals surface area contributed by atoms with Gasteiger partial charge in [0.2, 0.25) is 11.8 Å². The molecule has 0 bridgehead atoms. The van der Waals surface area contributed by atoms with E-state index in [2.05, 4.69) is 38.2 Å². The Balaban J connectivity index is 2.28. The second-order valence-electron chi connectivity index (χ2n) is 5.73. The summed E-state index contributed by atoms with van der Waals surface area (Å²) in [6, 6.07) is 4.21. The molecule has 0 saturated carbocycles. The summed E-state index contributed by atoms with van der Waals surface area (Å²) in [4.78, 5) is 25.5. The topological polar surface area (TPSA) is 49.4 Å². The van der Waals surface area contributed by atoms with Crippen LogP contribution < -0.4 is 5.32 Å². The van der Waals surface area contributed by atoms with Crippen molar-refractivity contribution in [2.75, 3.05) is 6.54 Å². The van der Waals surface area contributed by atoms with Gasteiger partial charge in [-0.2, -0.15) is 0 Å². The lowest BCUT2D eigenvalue weighted by Crippen LogP contribution is -2.39. The van der Waals surface area contributed by atoms with E-state index in [0.717, 1.165) is 0 Å². The number of nitrogens with zero attached hydrogens (tertiary/aromatic N) is 1. The number of carbonyl (C=O) groups excluding carboxylic acids is 2. The monoisotopic (exact) mass is 274 g/mol. The Morgan fingerprint density at radius 1 is 1.20 bits per heavy atom. The summed E-state index contributed by atoms with van der Waals surface area (Å²) in [6.45, 7) is 8.84. The number of nitrogens with one attached hydrogen (secondary N) is 1. The van der Waals surface area contributed by atoms with E-state index < -0.39 is 0 Å². The molecule has 2 amide bonds. The number of carbonyl (C=O) groups is 2. The van der Waals surface area contributed by atoms with Crippen molar-refractivity contribution in [3.05, 3.63) is 34.4 Å². The lowest BCUT2D eigenvalue weighted by Gasteiger charge is -2.28. The van der Waals surface area contributed by atoms with Crippen molar-refractivity contribution >= 4 is 11.8 Å². The second kappa shape index (κ2) is 5.65. The minimum Gasteiger partial charge on any atom is -0.347 e. The molecule has 4 heteroatoms. The van der Waals surface area contributed by atoms with E-state index >= 15 is 0 Å². The molecular formula is C16H22N2O2. The van der Waals surface area contributed by atoms with Gasteiger partial charge in [-0.05, 0) is 44.4 Å². The summed E-state index contributed by atoms with van der Waals surface area (Å²) in [7, 11) is 0. The predicted molar refractivity (Wildman–Crippen MR) is 78.3 cm³/mol. The molecule has 1 aliphatic heterocycles. The molecule has 1 aliphatic rings. The van der Waals surface area contributed by atoms with E-state index in [1.165, 1.54) is 22.3 Å². The maximum atomic E-state index is 12.2. The van der Waals surface area contributed by atoms with Gasteiger partial charge in [-0.15, -0.1) is 0 Å². The highest BCUT2D eigenvalue weighted by Crippen LogP contribution is 2.21. The van der Waals surface area contributed by atoms with Gasteiger partial charge in [-0.3, -0.25) is 9.59 Å². The van der Waals surface area contributed by atoms with Crippen molar-refractivity contribution in [1.82, 2.24) is 10.2 Å². The van der Waals surface area contributed by atoms with Crippen LogP contribution in [0.4, 0.5) is 0 Å². The van der Waals surface area contributed by atoms with Gasteiger partial charge >= 0.3 is 0 Å². The SMILES string of the molecule is Cc1cc(C)c(CN2C(=O)CNC(=O)CC2C)c(C)c1. The standard InChI is InChI=1S/C16H22N2O2/c1-10-5-11(2)14(12(3)6-10)9-18-13(4)7-15(19)17-8-16(18)20/h5-6,13H,7-9H2,1-4H3,(H,17,19). The normalized spacial score (nSPS) is 19.8. The molecule has 0 aliphatic carbocycles. The van der Waals surface area contributed by atoms with Gasteiger partial charge < -0.3 is 10.2 Å². The van der Waals surface area contributed by atoms with Crippen LogP contribution in [0, 0.1) is 20.8 Å². The van der Waals surface area contributed by atoms with Crippen LogP contribution in [0.2, 0.25) is 0 Å². The first-order valence-corrected chi connectivity index (χ1v) is 7.01. The van der Waals surface area contributed by atoms with E-state index in [0.29, 0.717) is 13.0 Å². The fourth-order valence-corrected chi connectivity index (χ4v) is 2.85. The molecule has 1 unspecified atom stereocenters. The zero-order valence-corrected chi connectivity index (χ0v) is 12.6. The van der Waals surface area contributed by atoms with Crippen molar-refractivity contribution in [3.63, 3.8) is 0 Å². The third-order valence-electron chi connectivity index (χ3n) is 3.94. The Kier molecular flexibility index (Phi) is 4.12. The maximum Gasteiger partial charge on any atom is 0.242 e. The number of hydrogen-bond acceptors (Lipinski definition) is 2. The quantitative estimate of drug-likeness (QED) is 0.894. The first kappa shape index (κ1) is 14.6. The molecule has 1 heterocycles. The zero-order chi connectivity index (χ0) is 14.9. The highest BCUT2D eigenvalue weighted by Gasteiger charge is 2.27. The zero-order valence-electron chi connectivity index (χ0n) is 12.6. The summed E-state index contributed by atoms with van der Waals surface area (Å²) in [5.74, 6) is -0.0616. The van der Waals surface area contributed by atoms with Crippen molar-refractivity contribution in [2.24, 2.45) is 0 Å². The molecular weight excluding hydrogens is 252 g/mol. The summed E-state index contributed by atoms with van der Waals surface area (Å²) in [5, 5.41) is 2.65. The lowest BCUT2D eigenvalue weighted by molar-refractivity contribution is -0.132. The average molecular weight is 274 g/mol. The van der Waals surface area contributed by atoms with Crippen LogP contribution in [0.1, 0.15) is 35.6 Å². The minimum absolute atomic E-state index is 0.0114. The molecule has 0 radical (unpaired) electrons. The Labute approximate surface area is 120 Å². The lowest BCUT2D eigenvalue weighted by atomic mass is 9.98. The van der Waals surface area contributed by atoms with E-state index in [1.54, 1.807) is 0 Å². The molecule has 1 atom stereocenters. The van der Waals surface area contributed by atoms with Crippen LogP contribution in [0.15, 0.2) is 12.1 Å². The smallest absolute Gasteiger partial charge is 0.242 e. The third kappa shape index (κ3) is 3.00. The molecule has 1 N–H and O–H groups in total. The highest BCUT2D eigenvalue weighted by molar-refractivity contribution is 5.87. The number of amides is 2. The van der Waals surface area contributed by atoms with E-state index in [9.17, 15) is 9.59 Å². The molecule has 1 fully saturated rings. The largest absolute Gasteiger partial charge is 0.347 e. The molecule has 20 heavy (non-hydrogen) atoms. The van der Waals surface area contributed by atoms with Crippen LogP contribution in [0.5, 0.6) is 0 Å². The third-order valence-corrected chi connectivity index (χ3v) is 3.94. The van der Waals surface area contributed by atoms with E-state index in [4.69, 9.17) is 0 Å². The number of hydrogen-bond donors (Lipinski definition) is 1. The van der Waals surface area contributed by atoms with Gasteiger partial charge in [-0.25, -0.2) is 0 Å². The van der Waals surface area contributed by atoms with Gasteiger partial charge in [0.25, 0.3) is 0 Å². The predicted octanol–water partition coefficient (Wildman–Crippen LogP) is 1.85. The van der Waals surface area contributed by atoms with Crippen LogP contribution in [-0.4, -0.2) is 29.3 Å². The first-order valence-electron chi connectivity index (χ1n) is 7.01. The van der Waals surface area contributed by atoms with Gasteiger partial charge in [0, 0.05) is 19.0 Å². The van der Waals surface area contributed by atoms with Crippen LogP contribution in [0.3, 0.4) is 0 Å². The van der Waals surface area contributed by atoms with Crippen LogP contribution >= 0.6 is 0 Å². The molecule has 1 aromatic carbocycles. The summed E-state index contributed by atoms with van der Waals surface area (Å²) >= 11 is 0. The first-order chi connectivity index (χ1) is 9.38. The summed E-state index contributed by atoms with van der Waals surface area (Å²) < 4.78 is 0. The highest BCUT2D eigenvalue weighted by atomic mass is 16.2. The summed E-state index contributed by atoms with van der Waals surface area (Å²) in [6.07, 6.45) is 0.371. The minimum atomic E-state index is -0.0647. The summed E-state index contributed by atoms with van der Waals surface area (Å²) in [5.41, 5.74) is 4.82. The van der Waals surface area contributed by atoms with Crippen molar-refractivity contribution in [1.29, 1.82) is 0 Å². The molecule has 1 aromatic rings. The van der Waals surface area contributed by atoms with Crippen LogP contribution in [0.25, 0.3) is 0 Å². The van der Waals surface area contributed by atoms with Crippen LogP contribution in [-0.2, 0) is 16.1 Å². The fourth-order valence-electron chi connectivity index (χ4n) is 2.85. The Bertz CT molecular complexity index is 528. The molecule has 1 saturated heterocycles. The molecule has 0 aromatic heterocycles. The van der Waals surface area contributed by atoms with Gasteiger partial charge in [0.05, 0.1) is 6.54 Å². The molecule has 108 valence electrons.